The molecule has 0 saturated carbocycles. The second kappa shape index (κ2) is 8.35. The molecule has 5 heteroatoms. The number of carbonyl (C=O) groups excluding carboxylic acids is 1. The maximum absolute atomic E-state index is 12.7. The quantitative estimate of drug-likeness (QED) is 0.323. The molecule has 0 fully saturated rings. The zero-order valence-corrected chi connectivity index (χ0v) is 15.7. The smallest absolute Gasteiger partial charge is 0.260 e. The molecular weight excluding hydrogens is 362 g/mol. The molecule has 1 amide bonds. The number of nitrogens with zero attached hydrogens (tertiary/aromatic N) is 2. The number of fused-ring (bicyclic) bond motifs is 2. The largest absolute Gasteiger partial charge is 0.331 e. The molecule has 0 atom stereocenters. The molecule has 0 saturated heterocycles. The fraction of sp³-hybridized carbons (Fsp3) is 0.0417. The van der Waals surface area contributed by atoms with E-state index < -0.39 is 0 Å². The van der Waals surface area contributed by atoms with Crippen molar-refractivity contribution in [1.82, 2.24) is 9.99 Å². The van der Waals surface area contributed by atoms with Crippen molar-refractivity contribution in [3.8, 4) is 0 Å². The van der Waals surface area contributed by atoms with Crippen molar-refractivity contribution in [3.63, 3.8) is 0 Å². The van der Waals surface area contributed by atoms with Crippen LogP contribution in [0, 0.1) is 0 Å². The number of para-hydroxylation sites is 2. The Morgan fingerprint density at radius 3 is 2.10 bits per heavy atom. The Morgan fingerprint density at radius 2 is 1.45 bits per heavy atom. The van der Waals surface area contributed by atoms with E-state index in [1.807, 2.05) is 77.4 Å². The number of rotatable bonds is 5. The van der Waals surface area contributed by atoms with E-state index in [1.54, 1.807) is 18.2 Å². The molecule has 1 aromatic heterocycles. The molecule has 0 spiro atoms. The van der Waals surface area contributed by atoms with Gasteiger partial charge in [-0.3, -0.25) is 9.59 Å². The first-order chi connectivity index (χ1) is 14.2. The Kier molecular flexibility index (Phi) is 5.29. The van der Waals surface area contributed by atoms with Gasteiger partial charge in [-0.05, 0) is 35.9 Å². The zero-order valence-electron chi connectivity index (χ0n) is 15.7. The number of aromatic nitrogens is 1. The lowest BCUT2D eigenvalue weighted by Gasteiger charge is -2.14. The maximum atomic E-state index is 12.7. The predicted molar refractivity (Wildman–Crippen MR) is 118 cm³/mol. The molecule has 0 unspecified atom stereocenters. The van der Waals surface area contributed by atoms with Gasteiger partial charge in [-0.1, -0.05) is 60.7 Å². The molecule has 4 rings (SSSR count). The van der Waals surface area contributed by atoms with E-state index in [1.165, 1.54) is 6.21 Å². The molecule has 0 aliphatic carbocycles. The number of hydrazone groups is 1. The Hall–Kier alpha value is -3.99. The van der Waals surface area contributed by atoms with Crippen molar-refractivity contribution in [2.24, 2.45) is 5.10 Å². The van der Waals surface area contributed by atoms with Crippen LogP contribution < -0.4 is 10.9 Å². The van der Waals surface area contributed by atoms with Crippen LogP contribution in [0.3, 0.4) is 0 Å². The average molecular weight is 381 g/mol. The van der Waals surface area contributed by atoms with Gasteiger partial charge in [0.05, 0.1) is 11.0 Å². The number of nitrogens with one attached hydrogen (secondary N) is 1. The first-order valence-electron chi connectivity index (χ1n) is 9.28. The molecule has 0 radical (unpaired) electrons. The summed E-state index contributed by atoms with van der Waals surface area (Å²) in [5, 5.41) is 5.16. The van der Waals surface area contributed by atoms with E-state index in [2.05, 4.69) is 10.5 Å². The average Bonchev–Trinajstić information content (AvgIpc) is 2.77. The Bertz CT molecular complexity index is 1230. The minimum absolute atomic E-state index is 0.0306. The molecule has 0 bridgehead atoms. The summed E-state index contributed by atoms with van der Waals surface area (Å²) in [6, 6.07) is 24.5. The van der Waals surface area contributed by atoms with E-state index in [-0.39, 0.29) is 17.9 Å². The number of hydrogen-bond donors (Lipinski definition) is 1. The molecule has 4 aromatic rings. The maximum Gasteiger partial charge on any atom is 0.260 e. The summed E-state index contributed by atoms with van der Waals surface area (Å²) in [6.07, 6.45) is 5.20. The number of hydrogen-bond acceptors (Lipinski definition) is 3. The predicted octanol–water partition coefficient (Wildman–Crippen LogP) is 3.97. The highest BCUT2D eigenvalue weighted by molar-refractivity contribution is 5.95. The van der Waals surface area contributed by atoms with Gasteiger partial charge in [-0.2, -0.15) is 5.10 Å². The van der Waals surface area contributed by atoms with Gasteiger partial charge >= 0.3 is 0 Å². The van der Waals surface area contributed by atoms with Gasteiger partial charge in [0, 0.05) is 17.0 Å². The summed E-state index contributed by atoms with van der Waals surface area (Å²) in [5.74, 6) is -0.270. The number of amides is 1. The van der Waals surface area contributed by atoms with Crippen LogP contribution in [0.25, 0.3) is 27.9 Å². The van der Waals surface area contributed by atoms with Crippen LogP contribution >= 0.6 is 0 Å². The Morgan fingerprint density at radius 1 is 0.862 bits per heavy atom. The standard InChI is InChI=1S/C24H19N3O2/c28-23(26-25-16-8-11-18-9-2-1-3-10-18)17-27-21-14-6-4-12-19(21)24(29)20-13-5-7-15-22(20)27/h1-16H,17H2,(H,26,28)/b11-8+,25-16+. The first-order valence-corrected chi connectivity index (χ1v) is 9.28. The van der Waals surface area contributed by atoms with E-state index in [0.29, 0.717) is 10.8 Å². The molecule has 3 aromatic carbocycles. The highest BCUT2D eigenvalue weighted by Crippen LogP contribution is 2.18. The monoisotopic (exact) mass is 381 g/mol. The van der Waals surface area contributed by atoms with E-state index in [4.69, 9.17) is 0 Å². The SMILES string of the molecule is O=C(Cn1c2ccccc2c(=O)c2ccccc21)N/N=C/C=C/c1ccccc1. The normalized spacial score (nSPS) is 11.6. The lowest BCUT2D eigenvalue weighted by molar-refractivity contribution is -0.121. The summed E-state index contributed by atoms with van der Waals surface area (Å²) in [4.78, 5) is 25.2. The molecule has 1 N–H and O–H groups in total. The second-order valence-corrected chi connectivity index (χ2v) is 6.53. The van der Waals surface area contributed by atoms with E-state index in [9.17, 15) is 9.59 Å². The third kappa shape index (κ3) is 3.99. The third-order valence-electron chi connectivity index (χ3n) is 4.62. The second-order valence-electron chi connectivity index (χ2n) is 6.53. The van der Waals surface area contributed by atoms with Gasteiger partial charge in [0.2, 0.25) is 0 Å². The van der Waals surface area contributed by atoms with Gasteiger partial charge in [0.25, 0.3) is 5.91 Å². The number of pyridine rings is 1. The summed E-state index contributed by atoms with van der Waals surface area (Å²) in [6.45, 7) is 0.0566. The zero-order chi connectivity index (χ0) is 20.1. The lowest BCUT2D eigenvalue weighted by atomic mass is 10.1. The molecule has 5 nitrogen and oxygen atoms in total. The van der Waals surface area contributed by atoms with Crippen LogP contribution in [0.1, 0.15) is 5.56 Å². The molecule has 1 heterocycles. The van der Waals surface area contributed by atoms with Gasteiger partial charge in [0.15, 0.2) is 5.43 Å². The third-order valence-corrected chi connectivity index (χ3v) is 4.62. The molecular formula is C24H19N3O2. The van der Waals surface area contributed by atoms with Crippen molar-refractivity contribution in [3.05, 3.63) is 101 Å². The molecule has 29 heavy (non-hydrogen) atoms. The Balaban J connectivity index is 1.56. The minimum atomic E-state index is -0.270. The van der Waals surface area contributed by atoms with Gasteiger partial charge < -0.3 is 4.57 Å². The van der Waals surface area contributed by atoms with E-state index >= 15 is 0 Å². The molecule has 0 aliphatic rings. The van der Waals surface area contributed by atoms with Crippen molar-refractivity contribution >= 4 is 40.0 Å². The van der Waals surface area contributed by atoms with Crippen LogP contribution in [0.4, 0.5) is 0 Å². The summed E-state index contributed by atoms with van der Waals surface area (Å²) >= 11 is 0. The fourth-order valence-electron chi connectivity index (χ4n) is 3.30. The fourth-order valence-corrected chi connectivity index (χ4v) is 3.30. The van der Waals surface area contributed by atoms with Crippen molar-refractivity contribution in [1.29, 1.82) is 0 Å². The molecule has 0 aliphatic heterocycles. The highest BCUT2D eigenvalue weighted by Gasteiger charge is 2.12. The summed E-state index contributed by atoms with van der Waals surface area (Å²) < 4.78 is 1.84. The van der Waals surface area contributed by atoms with Crippen LogP contribution in [0.5, 0.6) is 0 Å². The highest BCUT2D eigenvalue weighted by atomic mass is 16.2. The van der Waals surface area contributed by atoms with Crippen molar-refractivity contribution in [2.75, 3.05) is 0 Å². The number of benzene rings is 3. The van der Waals surface area contributed by atoms with Gasteiger partial charge in [0.1, 0.15) is 6.54 Å². The summed E-state index contributed by atoms with van der Waals surface area (Å²) in [5.41, 5.74) is 5.01. The van der Waals surface area contributed by atoms with Crippen LogP contribution in [0.15, 0.2) is 94.8 Å². The molecule has 142 valence electrons. The van der Waals surface area contributed by atoms with E-state index in [0.717, 1.165) is 16.6 Å². The van der Waals surface area contributed by atoms with Gasteiger partial charge in [-0.25, -0.2) is 5.43 Å². The van der Waals surface area contributed by atoms with Crippen molar-refractivity contribution in [2.45, 2.75) is 6.54 Å². The topological polar surface area (TPSA) is 63.5 Å². The number of carbonyl (C=O) groups is 1. The first kappa shape index (κ1) is 18.4. The van der Waals surface area contributed by atoms with Crippen LogP contribution in [0.2, 0.25) is 0 Å². The number of allylic oxidation sites excluding steroid dienone is 1. The Labute approximate surface area is 167 Å². The van der Waals surface area contributed by atoms with Gasteiger partial charge in [-0.15, -0.1) is 0 Å². The lowest BCUT2D eigenvalue weighted by Crippen LogP contribution is -2.24. The van der Waals surface area contributed by atoms with Crippen LogP contribution in [-0.2, 0) is 11.3 Å². The minimum Gasteiger partial charge on any atom is -0.331 e. The summed E-state index contributed by atoms with van der Waals surface area (Å²) in [7, 11) is 0. The van der Waals surface area contributed by atoms with Crippen LogP contribution in [-0.4, -0.2) is 16.7 Å². The van der Waals surface area contributed by atoms with Crippen molar-refractivity contribution < 1.29 is 4.79 Å².